The Morgan fingerprint density at radius 3 is 2.00 bits per heavy atom. The van der Waals surface area contributed by atoms with Gasteiger partial charge in [0.05, 0.1) is 27.8 Å². The van der Waals surface area contributed by atoms with Crippen molar-refractivity contribution in [1.29, 1.82) is 0 Å². The van der Waals surface area contributed by atoms with E-state index in [4.69, 9.17) is 14.5 Å². The number of hydrogen-bond donors (Lipinski definition) is 0. The van der Waals surface area contributed by atoms with Crippen molar-refractivity contribution >= 4 is 50.6 Å². The quantitative estimate of drug-likeness (QED) is 0.207. The molecular weight excluding hydrogens is 529 g/mol. The van der Waals surface area contributed by atoms with Gasteiger partial charge in [-0.3, -0.25) is 0 Å². The SMILES string of the molecule is c1ccc2c(c1)Oc1cc(-c3ccccc3-n3c4ccccc4c4ccccc43)cc3c1B2n1c(nc2ccccc21)O3. The van der Waals surface area contributed by atoms with Gasteiger partial charge in [0.2, 0.25) is 0 Å². The molecule has 0 radical (unpaired) electrons. The Bertz CT molecular complexity index is 2390. The molecular formula is C37H22BN3O2. The smallest absolute Gasteiger partial charge is 0.344 e. The zero-order valence-corrected chi connectivity index (χ0v) is 22.9. The summed E-state index contributed by atoms with van der Waals surface area (Å²) in [6.07, 6.45) is 0. The molecule has 4 heterocycles. The minimum Gasteiger partial charge on any atom is -0.458 e. The lowest BCUT2D eigenvalue weighted by molar-refractivity contribution is 0.429. The number of benzene rings is 6. The minimum absolute atomic E-state index is 0.104. The summed E-state index contributed by atoms with van der Waals surface area (Å²) < 4.78 is 17.8. The molecule has 0 aliphatic carbocycles. The Balaban J connectivity index is 1.24. The Morgan fingerprint density at radius 1 is 0.558 bits per heavy atom. The average molecular weight is 551 g/mol. The van der Waals surface area contributed by atoms with Gasteiger partial charge in [-0.1, -0.05) is 84.9 Å². The molecule has 0 N–H and O–H groups in total. The van der Waals surface area contributed by atoms with E-state index < -0.39 is 0 Å². The van der Waals surface area contributed by atoms with Gasteiger partial charge < -0.3 is 18.5 Å². The highest BCUT2D eigenvalue weighted by Gasteiger charge is 2.42. The summed E-state index contributed by atoms with van der Waals surface area (Å²) in [5.74, 6) is 2.42. The molecule has 0 spiro atoms. The van der Waals surface area contributed by atoms with Crippen LogP contribution in [-0.4, -0.2) is 20.9 Å². The molecule has 0 fully saturated rings. The van der Waals surface area contributed by atoms with E-state index in [0.717, 1.165) is 56.0 Å². The molecule has 2 aromatic heterocycles. The van der Waals surface area contributed by atoms with Crippen LogP contribution >= 0.6 is 0 Å². The lowest BCUT2D eigenvalue weighted by atomic mass is 9.48. The minimum atomic E-state index is -0.104. The number of hydrogen-bond acceptors (Lipinski definition) is 3. The van der Waals surface area contributed by atoms with Crippen LogP contribution in [0.2, 0.25) is 0 Å². The van der Waals surface area contributed by atoms with Crippen LogP contribution in [-0.2, 0) is 0 Å². The van der Waals surface area contributed by atoms with Crippen molar-refractivity contribution in [1.82, 2.24) is 14.0 Å². The summed E-state index contributed by atoms with van der Waals surface area (Å²) in [6, 6.07) is 47.2. The molecule has 5 nitrogen and oxygen atoms in total. The molecule has 0 saturated carbocycles. The molecule has 2 aliphatic heterocycles. The van der Waals surface area contributed by atoms with Crippen molar-refractivity contribution in [3.8, 4) is 40.1 Å². The van der Waals surface area contributed by atoms with Gasteiger partial charge >= 0.3 is 6.85 Å². The van der Waals surface area contributed by atoms with Crippen LogP contribution < -0.4 is 20.4 Å². The van der Waals surface area contributed by atoms with Gasteiger partial charge in [-0.15, -0.1) is 0 Å². The maximum absolute atomic E-state index is 6.64. The normalized spacial score (nSPS) is 13.0. The second-order valence-corrected chi connectivity index (χ2v) is 11.2. The molecule has 0 unspecified atom stereocenters. The van der Waals surface area contributed by atoms with Crippen LogP contribution in [0.1, 0.15) is 0 Å². The monoisotopic (exact) mass is 551 g/mol. The number of ether oxygens (including phenoxy) is 2. The lowest BCUT2D eigenvalue weighted by Gasteiger charge is -2.33. The zero-order valence-electron chi connectivity index (χ0n) is 22.9. The third kappa shape index (κ3) is 3.09. The van der Waals surface area contributed by atoms with Crippen LogP contribution in [0.25, 0.3) is 49.7 Å². The standard InChI is InChI=1S/C37H22BN3O2/c1-6-16-29(40-30-17-7-2-12-25(30)26-13-3-8-18-31(26)40)24(11-1)23-21-34-36-35(22-23)43-37-39-28-15-5-9-19-32(28)41(37)38(36)27-14-4-10-20-33(27)42-34/h1-22H. The summed E-state index contributed by atoms with van der Waals surface area (Å²) >= 11 is 0. The summed E-state index contributed by atoms with van der Waals surface area (Å²) in [7, 11) is 0. The molecule has 200 valence electrons. The molecule has 2 aliphatic rings. The number of nitrogens with zero attached hydrogens (tertiary/aromatic N) is 3. The Hall–Kier alpha value is -5.75. The number of fused-ring (bicyclic) bond motifs is 9. The highest BCUT2D eigenvalue weighted by molar-refractivity contribution is 6.87. The number of imidazole rings is 1. The Kier molecular flexibility index (Phi) is 4.47. The highest BCUT2D eigenvalue weighted by atomic mass is 16.5. The first kappa shape index (κ1) is 22.9. The fraction of sp³-hybridized carbons (Fsp3) is 0. The van der Waals surface area contributed by atoms with Crippen molar-refractivity contribution in [3.63, 3.8) is 0 Å². The van der Waals surface area contributed by atoms with Crippen molar-refractivity contribution in [2.75, 3.05) is 0 Å². The maximum Gasteiger partial charge on any atom is 0.344 e. The van der Waals surface area contributed by atoms with Gasteiger partial charge in [0.25, 0.3) is 6.01 Å². The van der Waals surface area contributed by atoms with Crippen molar-refractivity contribution in [2.45, 2.75) is 0 Å². The van der Waals surface area contributed by atoms with E-state index in [1.165, 1.54) is 21.8 Å². The Morgan fingerprint density at radius 2 is 1.19 bits per heavy atom. The van der Waals surface area contributed by atoms with Gasteiger partial charge in [0, 0.05) is 21.8 Å². The molecule has 0 atom stereocenters. The van der Waals surface area contributed by atoms with E-state index in [1.54, 1.807) is 0 Å². The summed E-state index contributed by atoms with van der Waals surface area (Å²) in [5, 5.41) is 2.47. The van der Waals surface area contributed by atoms with E-state index in [0.29, 0.717) is 6.01 Å². The van der Waals surface area contributed by atoms with E-state index in [2.05, 4.69) is 112 Å². The van der Waals surface area contributed by atoms with E-state index in [1.807, 2.05) is 30.3 Å². The number of rotatable bonds is 2. The molecule has 0 bridgehead atoms. The lowest BCUT2D eigenvalue weighted by Crippen LogP contribution is -2.54. The van der Waals surface area contributed by atoms with Crippen LogP contribution in [0.3, 0.4) is 0 Å². The first-order chi connectivity index (χ1) is 21.3. The molecule has 0 saturated heterocycles. The predicted molar refractivity (Wildman–Crippen MR) is 173 cm³/mol. The zero-order chi connectivity index (χ0) is 28.1. The first-order valence-corrected chi connectivity index (χ1v) is 14.5. The second kappa shape index (κ2) is 8.40. The summed E-state index contributed by atoms with van der Waals surface area (Å²) in [6.45, 7) is -0.104. The summed E-state index contributed by atoms with van der Waals surface area (Å²) in [5.41, 5.74) is 9.63. The van der Waals surface area contributed by atoms with Gasteiger partial charge in [-0.2, -0.15) is 4.98 Å². The predicted octanol–water partition coefficient (Wildman–Crippen LogP) is 7.67. The second-order valence-electron chi connectivity index (χ2n) is 11.2. The fourth-order valence-corrected chi connectivity index (χ4v) is 7.07. The fourth-order valence-electron chi connectivity index (χ4n) is 7.07. The number of para-hydroxylation sites is 6. The van der Waals surface area contributed by atoms with Crippen molar-refractivity contribution in [3.05, 3.63) is 133 Å². The van der Waals surface area contributed by atoms with Gasteiger partial charge in [-0.05, 0) is 59.6 Å². The van der Waals surface area contributed by atoms with Gasteiger partial charge in [-0.25, -0.2) is 0 Å². The molecule has 6 aromatic carbocycles. The van der Waals surface area contributed by atoms with Crippen LogP contribution in [0, 0.1) is 0 Å². The van der Waals surface area contributed by atoms with Crippen LogP contribution in [0.5, 0.6) is 23.3 Å². The third-order valence-electron chi connectivity index (χ3n) is 8.87. The maximum atomic E-state index is 6.64. The highest BCUT2D eigenvalue weighted by Crippen LogP contribution is 2.42. The van der Waals surface area contributed by atoms with Crippen molar-refractivity contribution in [2.24, 2.45) is 0 Å². The van der Waals surface area contributed by atoms with Gasteiger partial charge in [0.1, 0.15) is 17.2 Å². The molecule has 0 amide bonds. The largest absolute Gasteiger partial charge is 0.458 e. The Labute approximate surface area is 247 Å². The molecule has 43 heavy (non-hydrogen) atoms. The summed E-state index contributed by atoms with van der Waals surface area (Å²) in [4.78, 5) is 4.90. The molecule has 6 heteroatoms. The third-order valence-corrected chi connectivity index (χ3v) is 8.87. The topological polar surface area (TPSA) is 41.2 Å². The van der Waals surface area contributed by atoms with Gasteiger partial charge in [0.15, 0.2) is 0 Å². The average Bonchev–Trinajstić information content (AvgIpc) is 3.60. The first-order valence-electron chi connectivity index (χ1n) is 14.5. The molecule has 8 aromatic rings. The molecule has 10 rings (SSSR count). The van der Waals surface area contributed by atoms with E-state index >= 15 is 0 Å². The number of aromatic nitrogens is 3. The van der Waals surface area contributed by atoms with Crippen LogP contribution in [0.4, 0.5) is 0 Å². The van der Waals surface area contributed by atoms with Crippen LogP contribution in [0.15, 0.2) is 133 Å². The van der Waals surface area contributed by atoms with E-state index in [9.17, 15) is 0 Å². The van der Waals surface area contributed by atoms with Crippen molar-refractivity contribution < 1.29 is 9.47 Å². The van der Waals surface area contributed by atoms with E-state index in [-0.39, 0.29) is 6.85 Å².